The summed E-state index contributed by atoms with van der Waals surface area (Å²) in [6.07, 6.45) is 0.413. The second-order valence-electron chi connectivity index (χ2n) is 5.80. The van der Waals surface area contributed by atoms with E-state index < -0.39 is 23.8 Å². The van der Waals surface area contributed by atoms with Gasteiger partial charge < -0.3 is 5.11 Å². The first-order chi connectivity index (χ1) is 11.3. The zero-order valence-electron chi connectivity index (χ0n) is 12.7. The normalized spacial score (nSPS) is 18.9. The number of likely N-dealkylation sites (tertiary alicyclic amines) is 1. The van der Waals surface area contributed by atoms with E-state index >= 15 is 0 Å². The maximum absolute atomic E-state index is 12.6. The van der Waals surface area contributed by atoms with Crippen LogP contribution in [0.4, 0.5) is 13.2 Å². The minimum atomic E-state index is -4.37. The Labute approximate surface area is 136 Å². The Morgan fingerprint density at radius 1 is 1.29 bits per heavy atom. The zero-order chi connectivity index (χ0) is 17.3. The van der Waals surface area contributed by atoms with Gasteiger partial charge in [0.25, 0.3) is 0 Å². The molecule has 1 N–H and O–H groups in total. The van der Waals surface area contributed by atoms with E-state index in [9.17, 15) is 23.1 Å². The molecule has 128 valence electrons. The molecule has 0 radical (unpaired) electrons. The summed E-state index contributed by atoms with van der Waals surface area (Å²) in [4.78, 5) is 13.1. The monoisotopic (exact) mass is 339 g/mol. The molecule has 0 saturated carbocycles. The Bertz CT molecular complexity index is 725. The van der Waals surface area contributed by atoms with Crippen LogP contribution in [0.3, 0.4) is 0 Å². The van der Waals surface area contributed by atoms with E-state index in [1.165, 1.54) is 16.8 Å². The van der Waals surface area contributed by atoms with Crippen LogP contribution < -0.4 is 0 Å². The van der Waals surface area contributed by atoms with Gasteiger partial charge in [0.05, 0.1) is 17.4 Å². The fourth-order valence-corrected chi connectivity index (χ4v) is 2.92. The van der Waals surface area contributed by atoms with Crippen LogP contribution in [0.25, 0.3) is 5.69 Å². The third-order valence-corrected chi connectivity index (χ3v) is 4.13. The Kier molecular flexibility index (Phi) is 4.31. The lowest BCUT2D eigenvalue weighted by atomic mass is 10.2. The average Bonchev–Trinajstić information content (AvgIpc) is 3.16. The van der Waals surface area contributed by atoms with Crippen LogP contribution in [0, 0.1) is 0 Å². The van der Waals surface area contributed by atoms with Gasteiger partial charge in [-0.1, -0.05) is 0 Å². The van der Waals surface area contributed by atoms with Gasteiger partial charge in [0.2, 0.25) is 0 Å². The second kappa shape index (κ2) is 6.27. The standard InChI is InChI=1S/C16H16F3N3O2/c17-16(18,19)12-3-5-13(6-4-12)22-10-11(8-20-22)9-21-7-1-2-14(21)15(23)24/h3-6,8,10,14H,1-2,7,9H2,(H,23,24). The van der Waals surface area contributed by atoms with Crippen molar-refractivity contribution >= 4 is 5.97 Å². The van der Waals surface area contributed by atoms with Gasteiger partial charge in [-0.2, -0.15) is 18.3 Å². The summed E-state index contributed by atoms with van der Waals surface area (Å²) in [5.41, 5.74) is 0.633. The number of benzene rings is 1. The smallest absolute Gasteiger partial charge is 0.416 e. The van der Waals surface area contributed by atoms with Crippen LogP contribution in [-0.2, 0) is 17.5 Å². The largest absolute Gasteiger partial charge is 0.480 e. The molecule has 2 heterocycles. The topological polar surface area (TPSA) is 58.4 Å². The number of hydrogen-bond donors (Lipinski definition) is 1. The van der Waals surface area contributed by atoms with Crippen LogP contribution >= 0.6 is 0 Å². The molecule has 1 aromatic heterocycles. The van der Waals surface area contributed by atoms with Gasteiger partial charge >= 0.3 is 12.1 Å². The maximum Gasteiger partial charge on any atom is 0.416 e. The van der Waals surface area contributed by atoms with Crippen molar-refractivity contribution in [2.45, 2.75) is 31.6 Å². The highest BCUT2D eigenvalue weighted by Crippen LogP contribution is 2.29. The molecular weight excluding hydrogens is 323 g/mol. The Morgan fingerprint density at radius 3 is 2.62 bits per heavy atom. The first-order valence-corrected chi connectivity index (χ1v) is 7.52. The number of carboxylic acid groups (broad SMARTS) is 1. The number of aromatic nitrogens is 2. The van der Waals surface area contributed by atoms with Gasteiger partial charge in [0.15, 0.2) is 0 Å². The van der Waals surface area contributed by atoms with Crippen LogP contribution in [-0.4, -0.2) is 38.3 Å². The molecule has 0 aliphatic carbocycles. The zero-order valence-corrected chi connectivity index (χ0v) is 12.7. The van der Waals surface area contributed by atoms with Crippen molar-refractivity contribution < 1.29 is 23.1 Å². The fraction of sp³-hybridized carbons (Fsp3) is 0.375. The Morgan fingerprint density at radius 2 is 2.00 bits per heavy atom. The Balaban J connectivity index is 1.72. The molecule has 1 atom stereocenters. The summed E-state index contributed by atoms with van der Waals surface area (Å²) in [5.74, 6) is -0.831. The highest BCUT2D eigenvalue weighted by Gasteiger charge is 2.31. The van der Waals surface area contributed by atoms with E-state index in [4.69, 9.17) is 0 Å². The first-order valence-electron chi connectivity index (χ1n) is 7.52. The fourth-order valence-electron chi connectivity index (χ4n) is 2.92. The molecule has 1 aliphatic rings. The van der Waals surface area contributed by atoms with E-state index in [0.29, 0.717) is 25.2 Å². The van der Waals surface area contributed by atoms with Gasteiger partial charge in [-0.25, -0.2) is 4.68 Å². The quantitative estimate of drug-likeness (QED) is 0.930. The number of carboxylic acids is 1. The number of carbonyl (C=O) groups is 1. The predicted octanol–water partition coefficient (Wildman–Crippen LogP) is 2.94. The molecule has 1 aromatic carbocycles. The summed E-state index contributed by atoms with van der Waals surface area (Å²) in [6, 6.07) is 4.25. The van der Waals surface area contributed by atoms with E-state index in [-0.39, 0.29) is 0 Å². The molecule has 1 unspecified atom stereocenters. The molecule has 2 aromatic rings. The summed E-state index contributed by atoms with van der Waals surface area (Å²) in [7, 11) is 0. The lowest BCUT2D eigenvalue weighted by Crippen LogP contribution is -2.35. The van der Waals surface area contributed by atoms with E-state index in [1.807, 2.05) is 4.90 Å². The molecule has 1 fully saturated rings. The highest BCUT2D eigenvalue weighted by atomic mass is 19.4. The van der Waals surface area contributed by atoms with E-state index in [2.05, 4.69) is 5.10 Å². The van der Waals surface area contributed by atoms with Gasteiger partial charge in [0, 0.05) is 18.3 Å². The summed E-state index contributed by atoms with van der Waals surface area (Å²) < 4.78 is 39.2. The van der Waals surface area contributed by atoms with Crippen molar-refractivity contribution in [2.75, 3.05) is 6.54 Å². The molecular formula is C16H16F3N3O2. The van der Waals surface area contributed by atoms with Crippen LogP contribution in [0.5, 0.6) is 0 Å². The van der Waals surface area contributed by atoms with E-state index in [1.54, 1.807) is 12.4 Å². The van der Waals surface area contributed by atoms with Gasteiger partial charge in [-0.05, 0) is 43.7 Å². The van der Waals surface area contributed by atoms with Crippen molar-refractivity contribution in [1.29, 1.82) is 0 Å². The minimum Gasteiger partial charge on any atom is -0.480 e. The summed E-state index contributed by atoms with van der Waals surface area (Å²) in [6.45, 7) is 1.17. The number of alkyl halides is 3. The van der Waals surface area contributed by atoms with E-state index in [0.717, 1.165) is 24.1 Å². The third-order valence-electron chi connectivity index (χ3n) is 4.13. The van der Waals surface area contributed by atoms with Gasteiger partial charge in [-0.15, -0.1) is 0 Å². The first kappa shape index (κ1) is 16.5. The summed E-state index contributed by atoms with van der Waals surface area (Å²) in [5, 5.41) is 13.3. The molecule has 0 bridgehead atoms. The Hall–Kier alpha value is -2.35. The highest BCUT2D eigenvalue weighted by molar-refractivity contribution is 5.73. The maximum atomic E-state index is 12.6. The second-order valence-corrected chi connectivity index (χ2v) is 5.80. The van der Waals surface area contributed by atoms with Gasteiger partial charge in [-0.3, -0.25) is 9.69 Å². The molecule has 5 nitrogen and oxygen atoms in total. The van der Waals surface area contributed by atoms with Crippen molar-refractivity contribution in [1.82, 2.24) is 14.7 Å². The third kappa shape index (κ3) is 3.43. The molecule has 0 spiro atoms. The average molecular weight is 339 g/mol. The van der Waals surface area contributed by atoms with Gasteiger partial charge in [0.1, 0.15) is 6.04 Å². The minimum absolute atomic E-state index is 0.456. The number of halogens is 3. The molecule has 1 aliphatic heterocycles. The van der Waals surface area contributed by atoms with Crippen molar-refractivity contribution in [2.24, 2.45) is 0 Å². The predicted molar refractivity (Wildman–Crippen MR) is 79.6 cm³/mol. The van der Waals surface area contributed by atoms with Crippen molar-refractivity contribution in [3.05, 3.63) is 47.8 Å². The molecule has 1 saturated heterocycles. The molecule has 0 amide bonds. The van der Waals surface area contributed by atoms with Crippen molar-refractivity contribution in [3.63, 3.8) is 0 Å². The molecule has 3 rings (SSSR count). The number of hydrogen-bond acceptors (Lipinski definition) is 3. The number of rotatable bonds is 4. The number of aliphatic carboxylic acids is 1. The number of nitrogens with zero attached hydrogens (tertiary/aromatic N) is 3. The lowest BCUT2D eigenvalue weighted by Gasteiger charge is -2.19. The summed E-state index contributed by atoms with van der Waals surface area (Å²) >= 11 is 0. The van der Waals surface area contributed by atoms with Crippen LogP contribution in [0.2, 0.25) is 0 Å². The SMILES string of the molecule is O=C(O)C1CCCN1Cc1cnn(-c2ccc(C(F)(F)F)cc2)c1. The molecule has 8 heteroatoms. The van der Waals surface area contributed by atoms with Crippen molar-refractivity contribution in [3.8, 4) is 5.69 Å². The van der Waals surface area contributed by atoms with Crippen LogP contribution in [0.1, 0.15) is 24.0 Å². The lowest BCUT2D eigenvalue weighted by molar-refractivity contribution is -0.142. The molecule has 24 heavy (non-hydrogen) atoms. The van der Waals surface area contributed by atoms with Crippen LogP contribution in [0.15, 0.2) is 36.7 Å².